The number of nitro groups is 1. The monoisotopic (exact) mass is 373 g/mol. The smallest absolute Gasteiger partial charge is 0.270 e. The van der Waals surface area contributed by atoms with Gasteiger partial charge in [0.1, 0.15) is 6.04 Å². The van der Waals surface area contributed by atoms with E-state index in [0.29, 0.717) is 13.1 Å². The molecule has 0 fully saturated rings. The van der Waals surface area contributed by atoms with E-state index in [9.17, 15) is 19.7 Å². The van der Waals surface area contributed by atoms with E-state index in [2.05, 4.69) is 11.9 Å². The Kier molecular flexibility index (Phi) is 6.62. The van der Waals surface area contributed by atoms with Crippen LogP contribution in [0.5, 0.6) is 0 Å². The third kappa shape index (κ3) is 5.00. The lowest BCUT2D eigenvalue weighted by atomic mass is 10.1. The van der Waals surface area contributed by atoms with Gasteiger partial charge in [-0.3, -0.25) is 19.7 Å². The van der Waals surface area contributed by atoms with Crippen molar-refractivity contribution in [1.29, 1.82) is 0 Å². The lowest BCUT2D eigenvalue weighted by molar-refractivity contribution is -0.384. The van der Waals surface area contributed by atoms with Crippen molar-refractivity contribution in [3.05, 3.63) is 75.0 Å². The van der Waals surface area contributed by atoms with E-state index in [-0.39, 0.29) is 17.2 Å². The van der Waals surface area contributed by atoms with E-state index in [1.165, 1.54) is 24.3 Å². The number of nitro benzene ring substituents is 1. The summed E-state index contributed by atoms with van der Waals surface area (Å²) in [6.07, 6.45) is 1.63. The topological polar surface area (TPSA) is 92.6 Å². The van der Waals surface area contributed by atoms with Gasteiger partial charge in [0, 0.05) is 29.1 Å². The lowest BCUT2D eigenvalue weighted by Crippen LogP contribution is -2.46. The normalized spacial score (nSPS) is 11.4. The van der Waals surface area contributed by atoms with Crippen molar-refractivity contribution >= 4 is 28.8 Å². The van der Waals surface area contributed by atoms with E-state index in [1.807, 2.05) is 17.5 Å². The summed E-state index contributed by atoms with van der Waals surface area (Å²) < 4.78 is 0. The molecule has 0 aliphatic heterocycles. The summed E-state index contributed by atoms with van der Waals surface area (Å²) in [7, 11) is 0. The van der Waals surface area contributed by atoms with Crippen LogP contribution in [0.4, 0.5) is 5.69 Å². The molecule has 0 aliphatic rings. The molecule has 0 radical (unpaired) electrons. The van der Waals surface area contributed by atoms with Gasteiger partial charge in [-0.2, -0.15) is 0 Å². The summed E-state index contributed by atoms with van der Waals surface area (Å²) in [5, 5.41) is 15.4. The van der Waals surface area contributed by atoms with E-state index in [1.54, 1.807) is 29.2 Å². The Hall–Kier alpha value is -3.00. The predicted octanol–water partition coefficient (Wildman–Crippen LogP) is 2.99. The molecule has 1 aromatic heterocycles. The Labute approximate surface area is 155 Å². The van der Waals surface area contributed by atoms with Crippen LogP contribution in [0.1, 0.15) is 22.2 Å². The second-order valence-electron chi connectivity index (χ2n) is 5.59. The molecule has 1 N–H and O–H groups in total. The summed E-state index contributed by atoms with van der Waals surface area (Å²) in [5.41, 5.74) is -0.0463. The minimum atomic E-state index is -0.776. The molecule has 1 atom stereocenters. The quantitative estimate of drug-likeness (QED) is 0.437. The maximum absolute atomic E-state index is 12.7. The van der Waals surface area contributed by atoms with E-state index in [0.717, 1.165) is 4.88 Å². The summed E-state index contributed by atoms with van der Waals surface area (Å²) >= 11 is 1.54. The van der Waals surface area contributed by atoms with E-state index < -0.39 is 16.9 Å². The van der Waals surface area contributed by atoms with Gasteiger partial charge in [0.15, 0.2) is 0 Å². The van der Waals surface area contributed by atoms with Crippen LogP contribution < -0.4 is 5.32 Å². The Balaban J connectivity index is 2.06. The highest BCUT2D eigenvalue weighted by Gasteiger charge is 2.23. The van der Waals surface area contributed by atoms with Crippen LogP contribution in [-0.4, -0.2) is 34.2 Å². The largest absolute Gasteiger partial charge is 0.341 e. The number of amides is 2. The molecule has 8 heteroatoms. The molecule has 0 spiro atoms. The molecular weight excluding hydrogens is 354 g/mol. The minimum absolute atomic E-state index is 0.132. The molecule has 2 aromatic rings. The molecule has 1 unspecified atom stereocenters. The average Bonchev–Trinajstić information content (AvgIpc) is 3.13. The highest BCUT2D eigenvalue weighted by Crippen LogP contribution is 2.14. The molecule has 0 bridgehead atoms. The van der Waals surface area contributed by atoms with Gasteiger partial charge in [0.2, 0.25) is 5.91 Å². The number of carbonyl (C=O) groups excluding carboxylic acids is 2. The molecule has 0 saturated carbocycles. The predicted molar refractivity (Wildman–Crippen MR) is 100.0 cm³/mol. The van der Waals surface area contributed by atoms with Crippen molar-refractivity contribution in [2.75, 3.05) is 6.54 Å². The molecule has 1 aromatic carbocycles. The number of carbonyl (C=O) groups is 2. The molecular formula is C18H19N3O4S. The maximum atomic E-state index is 12.7. The molecule has 7 nitrogen and oxygen atoms in total. The Morgan fingerprint density at radius 2 is 2.15 bits per heavy atom. The first kappa shape index (κ1) is 19.3. The highest BCUT2D eigenvalue weighted by atomic mass is 32.1. The van der Waals surface area contributed by atoms with Crippen molar-refractivity contribution in [1.82, 2.24) is 10.2 Å². The summed E-state index contributed by atoms with van der Waals surface area (Å²) in [6.45, 7) is 6.03. The Bertz CT molecular complexity index is 805. The zero-order chi connectivity index (χ0) is 19.1. The van der Waals surface area contributed by atoms with Crippen molar-refractivity contribution in [3.8, 4) is 0 Å². The zero-order valence-corrected chi connectivity index (χ0v) is 15.1. The number of nitrogens with zero attached hydrogens (tertiary/aromatic N) is 2. The fourth-order valence-electron chi connectivity index (χ4n) is 2.36. The van der Waals surface area contributed by atoms with Crippen molar-refractivity contribution in [2.24, 2.45) is 0 Å². The molecule has 0 aliphatic carbocycles. The second kappa shape index (κ2) is 8.91. The Morgan fingerprint density at radius 1 is 1.38 bits per heavy atom. The standard InChI is InChI=1S/C18H19N3O4S/c1-3-9-20(12-16-8-5-10-26-16)18(23)13(2)19-17(22)14-6-4-7-15(11-14)21(24)25/h3-8,10-11,13H,1,9,12H2,2H3,(H,19,22). The number of rotatable bonds is 8. The summed E-state index contributed by atoms with van der Waals surface area (Å²) in [4.78, 5) is 37.8. The third-order valence-corrected chi connectivity index (χ3v) is 4.49. The summed E-state index contributed by atoms with van der Waals surface area (Å²) in [5.74, 6) is -0.790. The Morgan fingerprint density at radius 3 is 2.77 bits per heavy atom. The maximum Gasteiger partial charge on any atom is 0.270 e. The van der Waals surface area contributed by atoms with Crippen LogP contribution in [0.25, 0.3) is 0 Å². The van der Waals surface area contributed by atoms with Gasteiger partial charge < -0.3 is 10.2 Å². The zero-order valence-electron chi connectivity index (χ0n) is 14.3. The number of benzene rings is 1. The van der Waals surface area contributed by atoms with Crippen LogP contribution in [0.3, 0.4) is 0 Å². The molecule has 2 rings (SSSR count). The van der Waals surface area contributed by atoms with Gasteiger partial charge >= 0.3 is 0 Å². The van der Waals surface area contributed by atoms with Crippen LogP contribution >= 0.6 is 11.3 Å². The number of hydrogen-bond donors (Lipinski definition) is 1. The van der Waals surface area contributed by atoms with Gasteiger partial charge in [-0.1, -0.05) is 18.2 Å². The lowest BCUT2D eigenvalue weighted by Gasteiger charge is -2.24. The number of nitrogens with one attached hydrogen (secondary N) is 1. The van der Waals surface area contributed by atoms with Crippen molar-refractivity contribution in [2.45, 2.75) is 19.5 Å². The summed E-state index contributed by atoms with van der Waals surface area (Å²) in [6, 6.07) is 8.44. The van der Waals surface area contributed by atoms with E-state index >= 15 is 0 Å². The van der Waals surface area contributed by atoms with E-state index in [4.69, 9.17) is 0 Å². The first-order chi connectivity index (χ1) is 12.4. The molecule has 1 heterocycles. The molecule has 136 valence electrons. The fourth-order valence-corrected chi connectivity index (χ4v) is 3.07. The van der Waals surface area contributed by atoms with Crippen molar-refractivity contribution < 1.29 is 14.5 Å². The van der Waals surface area contributed by atoms with Gasteiger partial charge in [0.05, 0.1) is 11.5 Å². The van der Waals surface area contributed by atoms with Crippen LogP contribution in [-0.2, 0) is 11.3 Å². The van der Waals surface area contributed by atoms with Crippen molar-refractivity contribution in [3.63, 3.8) is 0 Å². The SMILES string of the molecule is C=CCN(Cc1cccs1)C(=O)C(C)NC(=O)c1cccc([N+](=O)[O-])c1. The molecule has 26 heavy (non-hydrogen) atoms. The van der Waals surface area contributed by atoms with Crippen LogP contribution in [0, 0.1) is 10.1 Å². The van der Waals surface area contributed by atoms with Gasteiger partial charge in [0.25, 0.3) is 11.6 Å². The van der Waals surface area contributed by atoms with Gasteiger partial charge in [-0.25, -0.2) is 0 Å². The number of hydrogen-bond acceptors (Lipinski definition) is 5. The first-order valence-corrected chi connectivity index (χ1v) is 8.77. The molecule has 0 saturated heterocycles. The van der Waals surface area contributed by atoms with Gasteiger partial charge in [-0.05, 0) is 24.4 Å². The molecule has 2 amide bonds. The second-order valence-corrected chi connectivity index (χ2v) is 6.62. The highest BCUT2D eigenvalue weighted by molar-refractivity contribution is 7.09. The van der Waals surface area contributed by atoms with Gasteiger partial charge in [-0.15, -0.1) is 17.9 Å². The minimum Gasteiger partial charge on any atom is -0.341 e. The fraction of sp³-hybridized carbons (Fsp3) is 0.222. The first-order valence-electron chi connectivity index (χ1n) is 7.89. The van der Waals surface area contributed by atoms with Crippen LogP contribution in [0.2, 0.25) is 0 Å². The third-order valence-electron chi connectivity index (χ3n) is 3.63. The number of non-ortho nitro benzene ring substituents is 1. The average molecular weight is 373 g/mol. The number of thiophene rings is 1. The van der Waals surface area contributed by atoms with Crippen LogP contribution in [0.15, 0.2) is 54.4 Å².